The van der Waals surface area contributed by atoms with Gasteiger partial charge in [0.05, 0.1) is 17.5 Å². The molecule has 4 rings (SSSR count). The van der Waals surface area contributed by atoms with Gasteiger partial charge in [-0.05, 0) is 29.9 Å². The van der Waals surface area contributed by atoms with Gasteiger partial charge in [-0.1, -0.05) is 32.1 Å². The van der Waals surface area contributed by atoms with Crippen LogP contribution < -0.4 is 10.5 Å². The lowest BCUT2D eigenvalue weighted by atomic mass is 9.79. The fourth-order valence-corrected chi connectivity index (χ4v) is 8.49. The van der Waals surface area contributed by atoms with E-state index in [0.29, 0.717) is 30.8 Å². The maximum Gasteiger partial charge on any atom is 0.282 e. The number of pyridine rings is 1. The van der Waals surface area contributed by atoms with Crippen LogP contribution in [0.25, 0.3) is 0 Å². The van der Waals surface area contributed by atoms with Crippen molar-refractivity contribution in [3.05, 3.63) is 23.9 Å². The molecule has 1 aliphatic carbocycles. The quantitative estimate of drug-likeness (QED) is 0.613. The van der Waals surface area contributed by atoms with Gasteiger partial charge in [-0.3, -0.25) is 0 Å². The van der Waals surface area contributed by atoms with Gasteiger partial charge in [0.25, 0.3) is 10.2 Å². The second-order valence-electron chi connectivity index (χ2n) is 9.19. The molecule has 1 aromatic heterocycles. The molecule has 0 bridgehead atoms. The molecule has 32 heavy (non-hydrogen) atoms. The van der Waals surface area contributed by atoms with Gasteiger partial charge in [0.1, 0.15) is 6.61 Å². The molecule has 1 saturated carbocycles. The number of hydrogen-bond donors (Lipinski definition) is 1. The molecule has 9 nitrogen and oxygen atoms in total. The smallest absolute Gasteiger partial charge is 0.282 e. The van der Waals surface area contributed by atoms with E-state index in [2.05, 4.69) is 4.98 Å². The fourth-order valence-electron chi connectivity index (χ4n) is 5.22. The largest absolute Gasteiger partial charge is 0.476 e. The van der Waals surface area contributed by atoms with Gasteiger partial charge in [0.2, 0.25) is 5.88 Å². The van der Waals surface area contributed by atoms with Crippen LogP contribution in [-0.2, 0) is 26.6 Å². The van der Waals surface area contributed by atoms with Gasteiger partial charge < -0.3 is 10.5 Å². The molecule has 0 amide bonds. The second-order valence-corrected chi connectivity index (χ2v) is 13.4. The van der Waals surface area contributed by atoms with Crippen molar-refractivity contribution in [3.63, 3.8) is 0 Å². The summed E-state index contributed by atoms with van der Waals surface area (Å²) in [6.07, 6.45) is 8.35. The van der Waals surface area contributed by atoms with Crippen LogP contribution in [0.4, 0.5) is 0 Å². The minimum Gasteiger partial charge on any atom is -0.476 e. The Kier molecular flexibility index (Phi) is 7.40. The van der Waals surface area contributed by atoms with Gasteiger partial charge in [0, 0.05) is 38.4 Å². The minimum atomic E-state index is -3.77. The van der Waals surface area contributed by atoms with Crippen molar-refractivity contribution in [3.8, 4) is 5.88 Å². The number of rotatable bonds is 7. The van der Waals surface area contributed by atoms with Crippen LogP contribution >= 0.6 is 0 Å². The number of nitrogens with zero attached hydrogens (tertiary/aromatic N) is 3. The van der Waals surface area contributed by atoms with E-state index in [0.717, 1.165) is 24.8 Å². The summed E-state index contributed by atoms with van der Waals surface area (Å²) < 4.78 is 59.5. The first-order valence-electron chi connectivity index (χ1n) is 11.5. The van der Waals surface area contributed by atoms with Crippen LogP contribution in [0.2, 0.25) is 0 Å². The third kappa shape index (κ3) is 5.44. The standard InChI is InChI=1S/C21H34N4O5S2/c22-14-17-6-7-23-21(12-17)30-16-20-13-19(18-4-2-1-3-5-18)15-25(20)32(28,29)24-8-10-31(26,27)11-9-24/h6-7,12,18-20H,1-5,8-11,13-16,22H2/t19-,20-/m0/s1. The van der Waals surface area contributed by atoms with Crippen molar-refractivity contribution in [2.75, 3.05) is 37.7 Å². The van der Waals surface area contributed by atoms with Gasteiger partial charge >= 0.3 is 0 Å². The van der Waals surface area contributed by atoms with E-state index in [-0.39, 0.29) is 37.2 Å². The molecule has 180 valence electrons. The number of nitrogens with two attached hydrogens (primary N) is 1. The summed E-state index contributed by atoms with van der Waals surface area (Å²) in [5.41, 5.74) is 6.60. The monoisotopic (exact) mass is 486 g/mol. The number of ether oxygens (including phenoxy) is 1. The van der Waals surface area contributed by atoms with Crippen LogP contribution in [0, 0.1) is 11.8 Å². The molecule has 3 heterocycles. The lowest BCUT2D eigenvalue weighted by Crippen LogP contribution is -2.52. The van der Waals surface area contributed by atoms with E-state index in [1.807, 2.05) is 6.07 Å². The van der Waals surface area contributed by atoms with Crippen molar-refractivity contribution in [2.24, 2.45) is 17.6 Å². The van der Waals surface area contributed by atoms with Crippen LogP contribution in [0.3, 0.4) is 0 Å². The zero-order chi connectivity index (χ0) is 22.8. The molecule has 0 radical (unpaired) electrons. The highest BCUT2D eigenvalue weighted by atomic mass is 32.2. The Labute approximate surface area is 191 Å². The maximum absolute atomic E-state index is 13.5. The highest BCUT2D eigenvalue weighted by Gasteiger charge is 2.45. The molecule has 3 fully saturated rings. The van der Waals surface area contributed by atoms with Gasteiger partial charge in [-0.15, -0.1) is 0 Å². The molecule has 1 aromatic rings. The average Bonchev–Trinajstić information content (AvgIpc) is 3.23. The van der Waals surface area contributed by atoms with E-state index < -0.39 is 20.0 Å². The van der Waals surface area contributed by atoms with Crippen LogP contribution in [-0.4, -0.2) is 74.2 Å². The Bertz CT molecular complexity index is 981. The van der Waals surface area contributed by atoms with Gasteiger partial charge in [-0.2, -0.15) is 17.0 Å². The van der Waals surface area contributed by atoms with E-state index in [1.54, 1.807) is 16.6 Å². The molecule has 3 aliphatic rings. The first kappa shape index (κ1) is 23.9. The maximum atomic E-state index is 13.5. The zero-order valence-corrected chi connectivity index (χ0v) is 20.1. The molecule has 2 saturated heterocycles. The minimum absolute atomic E-state index is 0.0168. The first-order chi connectivity index (χ1) is 15.3. The van der Waals surface area contributed by atoms with E-state index in [4.69, 9.17) is 10.5 Å². The normalized spacial score (nSPS) is 28.0. The molecule has 2 N–H and O–H groups in total. The summed E-state index contributed by atoms with van der Waals surface area (Å²) >= 11 is 0. The molecule has 0 aromatic carbocycles. The molecule has 0 spiro atoms. The molecular formula is C21H34N4O5S2. The third-order valence-electron chi connectivity index (χ3n) is 7.10. The van der Waals surface area contributed by atoms with E-state index in [9.17, 15) is 16.8 Å². The second kappa shape index (κ2) is 9.92. The summed E-state index contributed by atoms with van der Waals surface area (Å²) in [5, 5.41) is 0. The molecule has 11 heteroatoms. The molecule has 0 unspecified atom stereocenters. The summed E-state index contributed by atoms with van der Waals surface area (Å²) in [6.45, 7) is 1.10. The predicted octanol–water partition coefficient (Wildman–Crippen LogP) is 1.17. The highest BCUT2D eigenvalue weighted by molar-refractivity contribution is 7.91. The molecule has 2 aliphatic heterocycles. The van der Waals surface area contributed by atoms with Gasteiger partial charge in [-0.25, -0.2) is 13.4 Å². The number of hydrogen-bond acceptors (Lipinski definition) is 7. The van der Waals surface area contributed by atoms with Crippen molar-refractivity contribution < 1.29 is 21.6 Å². The SMILES string of the molecule is NCc1ccnc(OC[C@@H]2C[C@H](C3CCCCC3)CN2S(=O)(=O)N2CCS(=O)(=O)CC2)c1. The van der Waals surface area contributed by atoms with Crippen LogP contribution in [0.15, 0.2) is 18.3 Å². The lowest BCUT2D eigenvalue weighted by Gasteiger charge is -2.33. The Morgan fingerprint density at radius 2 is 1.84 bits per heavy atom. The Balaban J connectivity index is 1.50. The topological polar surface area (TPSA) is 123 Å². The molecule has 2 atom stereocenters. The van der Waals surface area contributed by atoms with Crippen molar-refractivity contribution >= 4 is 20.0 Å². The Morgan fingerprint density at radius 3 is 2.53 bits per heavy atom. The van der Waals surface area contributed by atoms with Crippen molar-refractivity contribution in [1.29, 1.82) is 0 Å². The summed E-state index contributed by atoms with van der Waals surface area (Å²) in [7, 11) is -6.93. The fraction of sp³-hybridized carbons (Fsp3) is 0.762. The first-order valence-corrected chi connectivity index (χ1v) is 14.8. The number of aromatic nitrogens is 1. The van der Waals surface area contributed by atoms with Crippen molar-refractivity contribution in [2.45, 2.75) is 51.1 Å². The highest BCUT2D eigenvalue weighted by Crippen LogP contribution is 2.39. The van der Waals surface area contributed by atoms with Gasteiger partial charge in [0.15, 0.2) is 9.84 Å². The van der Waals surface area contributed by atoms with Crippen molar-refractivity contribution in [1.82, 2.24) is 13.6 Å². The third-order valence-corrected chi connectivity index (χ3v) is 10.8. The Hall–Kier alpha value is -1.27. The number of sulfone groups is 1. The van der Waals surface area contributed by atoms with E-state index in [1.165, 1.54) is 23.6 Å². The summed E-state index contributed by atoms with van der Waals surface area (Å²) in [5.74, 6) is 1.03. The summed E-state index contributed by atoms with van der Waals surface area (Å²) in [4.78, 5) is 4.23. The van der Waals surface area contributed by atoms with Crippen LogP contribution in [0.5, 0.6) is 5.88 Å². The molecular weight excluding hydrogens is 452 g/mol. The zero-order valence-electron chi connectivity index (χ0n) is 18.4. The van der Waals surface area contributed by atoms with Crippen LogP contribution in [0.1, 0.15) is 44.1 Å². The average molecular weight is 487 g/mol. The predicted molar refractivity (Wildman–Crippen MR) is 122 cm³/mol. The lowest BCUT2D eigenvalue weighted by molar-refractivity contribution is 0.217. The Morgan fingerprint density at radius 1 is 1.12 bits per heavy atom. The van der Waals surface area contributed by atoms with E-state index >= 15 is 0 Å². The summed E-state index contributed by atoms with van der Waals surface area (Å²) in [6, 6.07) is 3.30.